The summed E-state index contributed by atoms with van der Waals surface area (Å²) in [5, 5.41) is 5.41. The van der Waals surface area contributed by atoms with Crippen LogP contribution in [0.4, 0.5) is 10.5 Å². The van der Waals surface area contributed by atoms with Gasteiger partial charge in [-0.1, -0.05) is 15.9 Å². The second kappa shape index (κ2) is 5.39. The fraction of sp³-hybridized carbons (Fsp3) is 0.400. The number of imide groups is 1. The summed E-state index contributed by atoms with van der Waals surface area (Å²) in [6.07, 6.45) is 2.23. The first-order valence-electron chi connectivity index (χ1n) is 7.11. The standard InChI is InChI=1S/C15H16BrN3O3/c1-9-7-10(3-4-11(9)16)17-12(20)8-19-13(21)15(5-2-6-15)18-14(19)22/h3-4,7H,2,5-6,8H2,1H3,(H,17,20)(H,18,22). The molecular formula is C15H16BrN3O3. The van der Waals surface area contributed by atoms with Crippen LogP contribution in [0.1, 0.15) is 24.8 Å². The molecule has 0 aromatic heterocycles. The first kappa shape index (κ1) is 15.0. The average Bonchev–Trinajstić information content (AvgIpc) is 2.67. The molecule has 0 unspecified atom stereocenters. The van der Waals surface area contributed by atoms with Gasteiger partial charge in [0, 0.05) is 10.2 Å². The third-order valence-corrected chi connectivity index (χ3v) is 5.09. The molecule has 1 heterocycles. The number of amides is 4. The van der Waals surface area contributed by atoms with Crippen molar-refractivity contribution >= 4 is 39.5 Å². The second-order valence-electron chi connectivity index (χ2n) is 5.77. The highest BCUT2D eigenvalue weighted by Crippen LogP contribution is 2.37. The highest BCUT2D eigenvalue weighted by Gasteiger charge is 2.54. The van der Waals surface area contributed by atoms with E-state index in [0.717, 1.165) is 21.4 Å². The van der Waals surface area contributed by atoms with E-state index in [1.165, 1.54) is 0 Å². The van der Waals surface area contributed by atoms with Gasteiger partial charge in [-0.05, 0) is 49.9 Å². The lowest BCUT2D eigenvalue weighted by Crippen LogP contribution is -2.52. The molecule has 1 aliphatic carbocycles. The van der Waals surface area contributed by atoms with Crippen molar-refractivity contribution in [2.24, 2.45) is 0 Å². The zero-order valence-corrected chi connectivity index (χ0v) is 13.7. The topological polar surface area (TPSA) is 78.5 Å². The molecule has 1 aromatic rings. The highest BCUT2D eigenvalue weighted by molar-refractivity contribution is 9.10. The molecule has 116 valence electrons. The van der Waals surface area contributed by atoms with Gasteiger partial charge < -0.3 is 10.6 Å². The molecule has 1 aliphatic heterocycles. The molecule has 0 radical (unpaired) electrons. The van der Waals surface area contributed by atoms with Gasteiger partial charge >= 0.3 is 6.03 Å². The molecule has 1 saturated heterocycles. The molecular weight excluding hydrogens is 350 g/mol. The van der Waals surface area contributed by atoms with Crippen LogP contribution in [0.3, 0.4) is 0 Å². The Balaban J connectivity index is 1.65. The van der Waals surface area contributed by atoms with E-state index >= 15 is 0 Å². The van der Waals surface area contributed by atoms with Crippen LogP contribution in [-0.4, -0.2) is 34.8 Å². The number of halogens is 1. The molecule has 0 atom stereocenters. The third-order valence-electron chi connectivity index (χ3n) is 4.20. The maximum Gasteiger partial charge on any atom is 0.325 e. The molecule has 2 aliphatic rings. The van der Waals surface area contributed by atoms with Crippen molar-refractivity contribution in [1.82, 2.24) is 10.2 Å². The lowest BCUT2D eigenvalue weighted by atomic mass is 9.77. The number of carbonyl (C=O) groups is 3. The Kier molecular flexibility index (Phi) is 3.68. The number of nitrogens with zero attached hydrogens (tertiary/aromatic N) is 1. The van der Waals surface area contributed by atoms with E-state index < -0.39 is 11.6 Å². The molecule has 2 N–H and O–H groups in total. The Morgan fingerprint density at radius 2 is 2.14 bits per heavy atom. The molecule has 2 fully saturated rings. The molecule has 7 heteroatoms. The largest absolute Gasteiger partial charge is 0.325 e. The van der Waals surface area contributed by atoms with Gasteiger partial charge in [0.1, 0.15) is 12.1 Å². The number of hydrogen-bond donors (Lipinski definition) is 2. The Morgan fingerprint density at radius 3 is 2.68 bits per heavy atom. The summed E-state index contributed by atoms with van der Waals surface area (Å²) in [5.74, 6) is -0.674. The Hall–Kier alpha value is -1.89. The minimum Gasteiger partial charge on any atom is -0.325 e. The number of nitrogens with one attached hydrogen (secondary N) is 2. The Morgan fingerprint density at radius 1 is 1.41 bits per heavy atom. The van der Waals surface area contributed by atoms with Crippen molar-refractivity contribution in [2.75, 3.05) is 11.9 Å². The second-order valence-corrected chi connectivity index (χ2v) is 6.62. The highest BCUT2D eigenvalue weighted by atomic mass is 79.9. The fourth-order valence-electron chi connectivity index (χ4n) is 2.76. The quantitative estimate of drug-likeness (QED) is 0.805. The number of hydrogen-bond acceptors (Lipinski definition) is 3. The SMILES string of the molecule is Cc1cc(NC(=O)CN2C(=O)NC3(CCC3)C2=O)ccc1Br. The molecule has 1 spiro atoms. The maximum absolute atomic E-state index is 12.3. The third kappa shape index (κ3) is 2.49. The van der Waals surface area contributed by atoms with E-state index in [1.807, 2.05) is 19.1 Å². The van der Waals surface area contributed by atoms with Crippen molar-refractivity contribution < 1.29 is 14.4 Å². The van der Waals surface area contributed by atoms with Gasteiger partial charge in [-0.15, -0.1) is 0 Å². The van der Waals surface area contributed by atoms with E-state index in [0.29, 0.717) is 18.5 Å². The molecule has 1 saturated carbocycles. The predicted octanol–water partition coefficient (Wildman–Crippen LogP) is 2.17. The lowest BCUT2D eigenvalue weighted by molar-refractivity contribution is -0.136. The number of rotatable bonds is 3. The van der Waals surface area contributed by atoms with Gasteiger partial charge in [0.05, 0.1) is 0 Å². The number of anilines is 1. The van der Waals surface area contributed by atoms with Crippen LogP contribution in [0.2, 0.25) is 0 Å². The van der Waals surface area contributed by atoms with Crippen LogP contribution in [-0.2, 0) is 9.59 Å². The monoisotopic (exact) mass is 365 g/mol. The first-order chi connectivity index (χ1) is 10.4. The van der Waals surface area contributed by atoms with Crippen LogP contribution in [0, 0.1) is 6.92 Å². The zero-order chi connectivity index (χ0) is 15.9. The molecule has 1 aromatic carbocycles. The summed E-state index contributed by atoms with van der Waals surface area (Å²) in [6.45, 7) is 1.65. The zero-order valence-electron chi connectivity index (χ0n) is 12.1. The van der Waals surface area contributed by atoms with Crippen molar-refractivity contribution in [1.29, 1.82) is 0 Å². The maximum atomic E-state index is 12.3. The predicted molar refractivity (Wildman–Crippen MR) is 84.3 cm³/mol. The van der Waals surface area contributed by atoms with E-state index in [4.69, 9.17) is 0 Å². The van der Waals surface area contributed by atoms with Gasteiger partial charge in [-0.25, -0.2) is 4.79 Å². The van der Waals surface area contributed by atoms with Crippen LogP contribution in [0.5, 0.6) is 0 Å². The number of aryl methyl sites for hydroxylation is 1. The summed E-state index contributed by atoms with van der Waals surface area (Å²) in [7, 11) is 0. The summed E-state index contributed by atoms with van der Waals surface area (Å²) in [6, 6.07) is 4.93. The molecule has 0 bridgehead atoms. The average molecular weight is 366 g/mol. The van der Waals surface area contributed by atoms with Crippen molar-refractivity contribution in [3.8, 4) is 0 Å². The van der Waals surface area contributed by atoms with Crippen LogP contribution < -0.4 is 10.6 Å². The van der Waals surface area contributed by atoms with Crippen LogP contribution in [0.15, 0.2) is 22.7 Å². The van der Waals surface area contributed by atoms with Crippen molar-refractivity contribution in [2.45, 2.75) is 31.7 Å². The van der Waals surface area contributed by atoms with E-state index in [1.54, 1.807) is 6.07 Å². The van der Waals surface area contributed by atoms with E-state index in [2.05, 4.69) is 26.6 Å². The molecule has 6 nitrogen and oxygen atoms in total. The number of urea groups is 1. The smallest absolute Gasteiger partial charge is 0.325 e. The Labute approximate surface area is 136 Å². The summed E-state index contributed by atoms with van der Waals surface area (Å²) >= 11 is 3.39. The first-order valence-corrected chi connectivity index (χ1v) is 7.91. The van der Waals surface area contributed by atoms with Gasteiger partial charge in [-0.2, -0.15) is 0 Å². The Bertz CT molecular complexity index is 670. The number of benzene rings is 1. The van der Waals surface area contributed by atoms with Gasteiger partial charge in [0.15, 0.2) is 0 Å². The minimum absolute atomic E-state index is 0.262. The van der Waals surface area contributed by atoms with E-state index in [9.17, 15) is 14.4 Å². The van der Waals surface area contributed by atoms with Gasteiger partial charge in [0.2, 0.25) is 5.91 Å². The lowest BCUT2D eigenvalue weighted by Gasteiger charge is -2.34. The van der Waals surface area contributed by atoms with Gasteiger partial charge in [-0.3, -0.25) is 14.5 Å². The fourth-order valence-corrected chi connectivity index (χ4v) is 3.00. The minimum atomic E-state index is -0.744. The molecule has 3 rings (SSSR count). The van der Waals surface area contributed by atoms with E-state index in [-0.39, 0.29) is 18.4 Å². The molecule has 4 amide bonds. The van der Waals surface area contributed by atoms with Crippen LogP contribution >= 0.6 is 15.9 Å². The molecule has 22 heavy (non-hydrogen) atoms. The van der Waals surface area contributed by atoms with Crippen LogP contribution in [0.25, 0.3) is 0 Å². The summed E-state index contributed by atoms with van der Waals surface area (Å²) in [4.78, 5) is 37.2. The summed E-state index contributed by atoms with van der Waals surface area (Å²) in [5.41, 5.74) is 0.878. The normalized spacial score (nSPS) is 19.1. The van der Waals surface area contributed by atoms with Gasteiger partial charge in [0.25, 0.3) is 5.91 Å². The van der Waals surface area contributed by atoms with Crippen molar-refractivity contribution in [3.63, 3.8) is 0 Å². The van der Waals surface area contributed by atoms with Crippen molar-refractivity contribution in [3.05, 3.63) is 28.2 Å². The number of carbonyl (C=O) groups excluding carboxylic acids is 3. The summed E-state index contributed by atoms with van der Waals surface area (Å²) < 4.78 is 0.950.